The normalized spacial score (nSPS) is 13.4. The second-order valence-corrected chi connectivity index (χ2v) is 6.77. The smallest absolute Gasteiger partial charge is 0.234 e. The Kier molecular flexibility index (Phi) is 5.85. The maximum atomic E-state index is 6.30. The summed E-state index contributed by atoms with van der Waals surface area (Å²) >= 11 is 6.30. The molecule has 5 heteroatoms. The summed E-state index contributed by atoms with van der Waals surface area (Å²) in [5, 5.41) is 3.26. The molecular formula is C14H24ClN3O. The number of alkyl halides is 1. The third-order valence-electron chi connectivity index (χ3n) is 2.31. The molecule has 0 saturated carbocycles. The van der Waals surface area contributed by atoms with E-state index in [0.717, 1.165) is 6.42 Å². The number of anilines is 1. The summed E-state index contributed by atoms with van der Waals surface area (Å²) in [5.41, 5.74) is 0.225. The van der Waals surface area contributed by atoms with Gasteiger partial charge in [-0.1, -0.05) is 20.8 Å². The van der Waals surface area contributed by atoms with Gasteiger partial charge in [0.1, 0.15) is 5.82 Å². The van der Waals surface area contributed by atoms with Crippen molar-refractivity contribution in [2.45, 2.75) is 52.5 Å². The molecule has 0 amide bonds. The van der Waals surface area contributed by atoms with Gasteiger partial charge in [0.15, 0.2) is 0 Å². The van der Waals surface area contributed by atoms with Gasteiger partial charge in [-0.25, -0.2) is 0 Å². The van der Waals surface area contributed by atoms with E-state index in [2.05, 4.69) is 36.1 Å². The molecular weight excluding hydrogens is 262 g/mol. The van der Waals surface area contributed by atoms with Crippen LogP contribution in [0.2, 0.25) is 0 Å². The Balaban J connectivity index is 2.49. The van der Waals surface area contributed by atoms with Crippen molar-refractivity contribution in [1.29, 1.82) is 0 Å². The molecule has 1 unspecified atom stereocenters. The van der Waals surface area contributed by atoms with Crippen LogP contribution in [-0.2, 0) is 0 Å². The number of hydrogen-bond acceptors (Lipinski definition) is 4. The Morgan fingerprint density at radius 1 is 1.32 bits per heavy atom. The molecule has 0 fully saturated rings. The molecule has 19 heavy (non-hydrogen) atoms. The zero-order valence-electron chi connectivity index (χ0n) is 12.4. The van der Waals surface area contributed by atoms with Gasteiger partial charge in [-0.05, 0) is 25.7 Å². The van der Waals surface area contributed by atoms with Gasteiger partial charge in [-0.3, -0.25) is 4.98 Å². The van der Waals surface area contributed by atoms with Gasteiger partial charge >= 0.3 is 0 Å². The Bertz CT molecular complexity index is 391. The van der Waals surface area contributed by atoms with E-state index in [0.29, 0.717) is 18.2 Å². The first kappa shape index (κ1) is 16.0. The average molecular weight is 286 g/mol. The maximum Gasteiger partial charge on any atom is 0.234 e. The second-order valence-electron chi connectivity index (χ2n) is 6.15. The van der Waals surface area contributed by atoms with Gasteiger partial charge in [-0.15, -0.1) is 11.6 Å². The van der Waals surface area contributed by atoms with Crippen molar-refractivity contribution in [3.63, 3.8) is 0 Å². The lowest BCUT2D eigenvalue weighted by Crippen LogP contribution is -2.21. The average Bonchev–Trinajstić information content (AvgIpc) is 2.23. The fraction of sp³-hybridized carbons (Fsp3) is 0.714. The quantitative estimate of drug-likeness (QED) is 0.809. The molecule has 0 radical (unpaired) electrons. The molecule has 108 valence electrons. The number of halogens is 1. The van der Waals surface area contributed by atoms with E-state index in [-0.39, 0.29) is 16.9 Å². The zero-order valence-corrected chi connectivity index (χ0v) is 13.2. The number of hydrogen-bond donors (Lipinski definition) is 1. The topological polar surface area (TPSA) is 47.0 Å². The molecule has 1 aromatic rings. The SMILES string of the molecule is CC(C)Oc1cncc(NCC(Cl)CC(C)(C)C)n1. The van der Waals surface area contributed by atoms with Crippen molar-refractivity contribution in [3.05, 3.63) is 12.4 Å². The van der Waals surface area contributed by atoms with E-state index in [9.17, 15) is 0 Å². The van der Waals surface area contributed by atoms with Gasteiger partial charge < -0.3 is 10.1 Å². The molecule has 0 aromatic carbocycles. The molecule has 1 N–H and O–H groups in total. The molecule has 1 rings (SSSR count). The van der Waals surface area contributed by atoms with Crippen LogP contribution in [0.3, 0.4) is 0 Å². The maximum absolute atomic E-state index is 6.30. The summed E-state index contributed by atoms with van der Waals surface area (Å²) < 4.78 is 5.50. The predicted octanol–water partition coefficient (Wildman–Crippen LogP) is 3.72. The first-order chi connectivity index (χ1) is 8.76. The Morgan fingerprint density at radius 3 is 2.58 bits per heavy atom. The zero-order chi connectivity index (χ0) is 14.5. The number of nitrogens with one attached hydrogen (secondary N) is 1. The van der Waals surface area contributed by atoms with E-state index in [1.54, 1.807) is 12.4 Å². The lowest BCUT2D eigenvalue weighted by molar-refractivity contribution is 0.232. The summed E-state index contributed by atoms with van der Waals surface area (Å²) in [6, 6.07) is 0. The van der Waals surface area contributed by atoms with Crippen LogP contribution in [0.25, 0.3) is 0 Å². The summed E-state index contributed by atoms with van der Waals surface area (Å²) in [6.07, 6.45) is 4.31. The van der Waals surface area contributed by atoms with Crippen LogP contribution in [-0.4, -0.2) is 28.0 Å². The van der Waals surface area contributed by atoms with E-state index >= 15 is 0 Å². The van der Waals surface area contributed by atoms with Crippen molar-refractivity contribution >= 4 is 17.4 Å². The van der Waals surface area contributed by atoms with Crippen LogP contribution < -0.4 is 10.1 Å². The van der Waals surface area contributed by atoms with E-state index in [1.807, 2.05) is 13.8 Å². The van der Waals surface area contributed by atoms with Crippen molar-refractivity contribution in [1.82, 2.24) is 9.97 Å². The summed E-state index contributed by atoms with van der Waals surface area (Å²) in [7, 11) is 0. The number of rotatable bonds is 6. The fourth-order valence-electron chi connectivity index (χ4n) is 1.68. The number of nitrogens with zero attached hydrogens (tertiary/aromatic N) is 2. The van der Waals surface area contributed by atoms with Crippen LogP contribution in [0, 0.1) is 5.41 Å². The minimum absolute atomic E-state index is 0.0662. The minimum Gasteiger partial charge on any atom is -0.474 e. The first-order valence-corrected chi connectivity index (χ1v) is 7.06. The standard InChI is InChI=1S/C14H24ClN3O/c1-10(2)19-13-9-16-8-12(18-13)17-7-11(15)6-14(3,4)5/h8-11H,6-7H2,1-5H3,(H,17,18). The van der Waals surface area contributed by atoms with E-state index < -0.39 is 0 Å². The fourth-order valence-corrected chi connectivity index (χ4v) is 2.22. The monoisotopic (exact) mass is 285 g/mol. The molecule has 1 atom stereocenters. The summed E-state index contributed by atoms with van der Waals surface area (Å²) in [6.45, 7) is 11.1. The van der Waals surface area contributed by atoms with Crippen molar-refractivity contribution < 1.29 is 4.74 Å². The molecule has 0 spiro atoms. The molecule has 1 aromatic heterocycles. The highest BCUT2D eigenvalue weighted by Crippen LogP contribution is 2.23. The van der Waals surface area contributed by atoms with Gasteiger partial charge in [0.2, 0.25) is 5.88 Å². The van der Waals surface area contributed by atoms with Gasteiger partial charge in [0.25, 0.3) is 0 Å². The van der Waals surface area contributed by atoms with Crippen molar-refractivity contribution in [3.8, 4) is 5.88 Å². The first-order valence-electron chi connectivity index (χ1n) is 6.63. The largest absolute Gasteiger partial charge is 0.474 e. The highest BCUT2D eigenvalue weighted by Gasteiger charge is 2.16. The Hall–Kier alpha value is -1.03. The number of ether oxygens (including phenoxy) is 1. The highest BCUT2D eigenvalue weighted by atomic mass is 35.5. The third-order valence-corrected chi connectivity index (χ3v) is 2.62. The van der Waals surface area contributed by atoms with Gasteiger partial charge in [0.05, 0.1) is 23.9 Å². The molecule has 4 nitrogen and oxygen atoms in total. The Labute approximate surface area is 120 Å². The second kappa shape index (κ2) is 6.94. The van der Waals surface area contributed by atoms with E-state index in [1.165, 1.54) is 0 Å². The lowest BCUT2D eigenvalue weighted by atomic mass is 9.90. The summed E-state index contributed by atoms with van der Waals surface area (Å²) in [4.78, 5) is 8.42. The van der Waals surface area contributed by atoms with Crippen LogP contribution in [0.1, 0.15) is 41.0 Å². The minimum atomic E-state index is 0.0662. The number of aromatic nitrogens is 2. The molecule has 0 aliphatic heterocycles. The molecule has 0 aliphatic rings. The third kappa shape index (κ3) is 7.21. The van der Waals surface area contributed by atoms with Crippen LogP contribution >= 0.6 is 11.6 Å². The highest BCUT2D eigenvalue weighted by molar-refractivity contribution is 6.20. The van der Waals surface area contributed by atoms with Crippen LogP contribution in [0.5, 0.6) is 5.88 Å². The van der Waals surface area contributed by atoms with Gasteiger partial charge in [0, 0.05) is 6.54 Å². The lowest BCUT2D eigenvalue weighted by Gasteiger charge is -2.22. The Morgan fingerprint density at radius 2 is 2.00 bits per heavy atom. The summed E-state index contributed by atoms with van der Waals surface area (Å²) in [5.74, 6) is 1.22. The predicted molar refractivity (Wildman–Crippen MR) is 80.0 cm³/mol. The molecule has 0 bridgehead atoms. The van der Waals surface area contributed by atoms with Gasteiger partial charge in [-0.2, -0.15) is 4.98 Å². The molecule has 0 saturated heterocycles. The van der Waals surface area contributed by atoms with Crippen LogP contribution in [0.4, 0.5) is 5.82 Å². The van der Waals surface area contributed by atoms with Crippen molar-refractivity contribution in [2.24, 2.45) is 5.41 Å². The molecule has 0 aliphatic carbocycles. The van der Waals surface area contributed by atoms with Crippen LogP contribution in [0.15, 0.2) is 12.4 Å². The molecule has 1 heterocycles. The van der Waals surface area contributed by atoms with E-state index in [4.69, 9.17) is 16.3 Å². The van der Waals surface area contributed by atoms with Crippen molar-refractivity contribution in [2.75, 3.05) is 11.9 Å².